The molecule has 0 fully saturated rings. The normalized spacial score (nSPS) is 12.9. The molecule has 0 saturated carbocycles. The number of rotatable bonds is 3. The topological polar surface area (TPSA) is 26.0 Å². The first-order valence-corrected chi connectivity index (χ1v) is 6.97. The van der Waals surface area contributed by atoms with Crippen LogP contribution in [0.4, 0.5) is 0 Å². The summed E-state index contributed by atoms with van der Waals surface area (Å²) >= 11 is 0. The molecule has 1 atom stereocenters. The van der Waals surface area contributed by atoms with Crippen molar-refractivity contribution in [2.45, 2.75) is 25.8 Å². The Hall–Kier alpha value is -1.86. The largest absolute Gasteiger partial charge is 0.324 e. The molecule has 0 heterocycles. The van der Waals surface area contributed by atoms with Crippen molar-refractivity contribution in [3.63, 3.8) is 0 Å². The molecule has 96 valence electrons. The second-order valence-electron chi connectivity index (χ2n) is 5.13. The molecule has 3 aromatic rings. The van der Waals surface area contributed by atoms with Gasteiger partial charge >= 0.3 is 0 Å². The predicted molar refractivity (Wildman–Crippen MR) is 83.3 cm³/mol. The minimum atomic E-state index is 0.112. The molecular weight excluding hydrogens is 230 g/mol. The fourth-order valence-corrected chi connectivity index (χ4v) is 2.90. The van der Waals surface area contributed by atoms with Crippen LogP contribution in [-0.4, -0.2) is 0 Å². The Morgan fingerprint density at radius 3 is 1.95 bits per heavy atom. The average molecular weight is 249 g/mol. The van der Waals surface area contributed by atoms with Crippen molar-refractivity contribution in [2.24, 2.45) is 5.73 Å². The van der Waals surface area contributed by atoms with E-state index in [1.54, 1.807) is 0 Å². The van der Waals surface area contributed by atoms with Gasteiger partial charge in [-0.15, -0.1) is 0 Å². The molecule has 0 bridgehead atoms. The van der Waals surface area contributed by atoms with E-state index in [4.69, 9.17) is 5.73 Å². The zero-order valence-corrected chi connectivity index (χ0v) is 11.3. The SMILES string of the molecule is CCC[C@H](N)c1c2ccccc2cc2ccccc12. The lowest BCUT2D eigenvalue weighted by Crippen LogP contribution is -2.11. The average Bonchev–Trinajstić information content (AvgIpc) is 2.44. The zero-order chi connectivity index (χ0) is 13.2. The van der Waals surface area contributed by atoms with Gasteiger partial charge in [0.1, 0.15) is 0 Å². The molecule has 0 spiro atoms. The van der Waals surface area contributed by atoms with Crippen LogP contribution in [0, 0.1) is 0 Å². The minimum absolute atomic E-state index is 0.112. The number of nitrogens with two attached hydrogens (primary N) is 1. The third kappa shape index (κ3) is 2.11. The van der Waals surface area contributed by atoms with Crippen molar-refractivity contribution >= 4 is 21.5 Å². The fraction of sp³-hybridized carbons (Fsp3) is 0.222. The fourth-order valence-electron chi connectivity index (χ4n) is 2.90. The molecule has 19 heavy (non-hydrogen) atoms. The molecule has 0 aliphatic carbocycles. The van der Waals surface area contributed by atoms with Crippen molar-refractivity contribution in [1.29, 1.82) is 0 Å². The zero-order valence-electron chi connectivity index (χ0n) is 11.3. The summed E-state index contributed by atoms with van der Waals surface area (Å²) in [4.78, 5) is 0. The Bertz CT molecular complexity index is 661. The Morgan fingerprint density at radius 2 is 1.42 bits per heavy atom. The van der Waals surface area contributed by atoms with Crippen LogP contribution in [-0.2, 0) is 0 Å². The van der Waals surface area contributed by atoms with Gasteiger partial charge in [0.25, 0.3) is 0 Å². The van der Waals surface area contributed by atoms with Crippen molar-refractivity contribution in [2.75, 3.05) is 0 Å². The number of hydrogen-bond donors (Lipinski definition) is 1. The number of fused-ring (bicyclic) bond motifs is 2. The molecule has 2 N–H and O–H groups in total. The van der Waals surface area contributed by atoms with Gasteiger partial charge in [0.15, 0.2) is 0 Å². The minimum Gasteiger partial charge on any atom is -0.324 e. The van der Waals surface area contributed by atoms with Crippen molar-refractivity contribution < 1.29 is 0 Å². The Labute approximate surface area is 114 Å². The summed E-state index contributed by atoms with van der Waals surface area (Å²) in [5, 5.41) is 5.15. The van der Waals surface area contributed by atoms with E-state index in [2.05, 4.69) is 61.5 Å². The van der Waals surface area contributed by atoms with Crippen LogP contribution in [0.15, 0.2) is 54.6 Å². The van der Waals surface area contributed by atoms with Gasteiger partial charge < -0.3 is 5.73 Å². The molecule has 0 aliphatic heterocycles. The molecule has 0 radical (unpaired) electrons. The monoisotopic (exact) mass is 249 g/mol. The summed E-state index contributed by atoms with van der Waals surface area (Å²) in [6.07, 6.45) is 2.14. The summed E-state index contributed by atoms with van der Waals surface area (Å²) in [6, 6.07) is 19.5. The summed E-state index contributed by atoms with van der Waals surface area (Å²) in [7, 11) is 0. The quantitative estimate of drug-likeness (QED) is 0.663. The van der Waals surface area contributed by atoms with E-state index in [0.717, 1.165) is 12.8 Å². The second kappa shape index (κ2) is 5.02. The molecule has 0 unspecified atom stereocenters. The predicted octanol–water partition coefficient (Wildman–Crippen LogP) is 4.79. The molecule has 0 amide bonds. The Balaban J connectivity index is 2.39. The maximum atomic E-state index is 6.44. The maximum Gasteiger partial charge on any atom is 0.0307 e. The summed E-state index contributed by atoms with van der Waals surface area (Å²) < 4.78 is 0. The molecule has 3 aromatic carbocycles. The second-order valence-corrected chi connectivity index (χ2v) is 5.13. The lowest BCUT2D eigenvalue weighted by Gasteiger charge is -2.17. The van der Waals surface area contributed by atoms with Crippen molar-refractivity contribution in [3.05, 3.63) is 60.2 Å². The van der Waals surface area contributed by atoms with E-state index in [0.29, 0.717) is 0 Å². The highest BCUT2D eigenvalue weighted by Gasteiger charge is 2.13. The van der Waals surface area contributed by atoms with Crippen LogP contribution in [0.25, 0.3) is 21.5 Å². The van der Waals surface area contributed by atoms with Gasteiger partial charge in [0.2, 0.25) is 0 Å². The highest BCUT2D eigenvalue weighted by Crippen LogP contribution is 2.33. The van der Waals surface area contributed by atoms with E-state index >= 15 is 0 Å². The van der Waals surface area contributed by atoms with Crippen molar-refractivity contribution in [1.82, 2.24) is 0 Å². The van der Waals surface area contributed by atoms with Gasteiger partial charge in [0.05, 0.1) is 0 Å². The van der Waals surface area contributed by atoms with E-state index < -0.39 is 0 Å². The van der Waals surface area contributed by atoms with Crippen LogP contribution in [0.5, 0.6) is 0 Å². The first-order valence-electron chi connectivity index (χ1n) is 6.97. The third-order valence-corrected chi connectivity index (χ3v) is 3.78. The van der Waals surface area contributed by atoms with Gasteiger partial charge in [-0.25, -0.2) is 0 Å². The van der Waals surface area contributed by atoms with E-state index in [1.165, 1.54) is 27.1 Å². The van der Waals surface area contributed by atoms with Crippen molar-refractivity contribution in [3.8, 4) is 0 Å². The highest BCUT2D eigenvalue weighted by molar-refractivity contribution is 6.02. The van der Waals surface area contributed by atoms with Gasteiger partial charge in [0, 0.05) is 6.04 Å². The lowest BCUT2D eigenvalue weighted by molar-refractivity contribution is 0.646. The first kappa shape index (κ1) is 12.2. The first-order chi connectivity index (χ1) is 9.31. The van der Waals surface area contributed by atoms with E-state index in [-0.39, 0.29) is 6.04 Å². The van der Waals surface area contributed by atoms with Gasteiger partial charge in [-0.2, -0.15) is 0 Å². The summed E-state index contributed by atoms with van der Waals surface area (Å²) in [5.41, 5.74) is 7.74. The molecule has 0 saturated heterocycles. The molecule has 1 heteroatoms. The smallest absolute Gasteiger partial charge is 0.0307 e. The van der Waals surface area contributed by atoms with Crippen LogP contribution in [0.3, 0.4) is 0 Å². The van der Waals surface area contributed by atoms with Crippen LogP contribution in [0.1, 0.15) is 31.4 Å². The van der Waals surface area contributed by atoms with E-state index in [1.807, 2.05) is 0 Å². The number of hydrogen-bond acceptors (Lipinski definition) is 1. The summed E-state index contributed by atoms with van der Waals surface area (Å²) in [5.74, 6) is 0. The molecule has 0 aliphatic rings. The molecule has 0 aromatic heterocycles. The van der Waals surface area contributed by atoms with Gasteiger partial charge in [-0.3, -0.25) is 0 Å². The molecular formula is C18H19N. The van der Waals surface area contributed by atoms with Gasteiger partial charge in [-0.1, -0.05) is 61.9 Å². The highest BCUT2D eigenvalue weighted by atomic mass is 14.6. The summed E-state index contributed by atoms with van der Waals surface area (Å²) in [6.45, 7) is 2.19. The van der Waals surface area contributed by atoms with Gasteiger partial charge in [-0.05, 0) is 39.6 Å². The van der Waals surface area contributed by atoms with E-state index in [9.17, 15) is 0 Å². The lowest BCUT2D eigenvalue weighted by atomic mass is 9.91. The Kier molecular flexibility index (Phi) is 3.22. The van der Waals surface area contributed by atoms with Crippen LogP contribution >= 0.6 is 0 Å². The molecule has 3 rings (SSSR count). The maximum absolute atomic E-state index is 6.44. The number of benzene rings is 3. The van der Waals surface area contributed by atoms with Crippen LogP contribution < -0.4 is 5.73 Å². The third-order valence-electron chi connectivity index (χ3n) is 3.78. The van der Waals surface area contributed by atoms with Crippen LogP contribution in [0.2, 0.25) is 0 Å². The molecule has 1 nitrogen and oxygen atoms in total. The Morgan fingerprint density at radius 1 is 0.895 bits per heavy atom. The standard InChI is InChI=1S/C18H19N/c1-2-7-17(19)18-15-10-5-3-8-13(15)12-14-9-4-6-11-16(14)18/h3-6,8-12,17H,2,7,19H2,1H3/t17-/m0/s1.